The van der Waals surface area contributed by atoms with Gasteiger partial charge in [0.05, 0.1) is 20.2 Å². The van der Waals surface area contributed by atoms with Crippen molar-refractivity contribution in [3.8, 4) is 0 Å². The molecule has 100 valence electrons. The number of hydrogen-bond donors (Lipinski definition) is 0. The molecule has 0 saturated heterocycles. The Balaban J connectivity index is 2.12. The van der Waals surface area contributed by atoms with E-state index in [2.05, 4.69) is 14.9 Å². The highest BCUT2D eigenvalue weighted by Gasteiger charge is 2.39. The van der Waals surface area contributed by atoms with Crippen molar-refractivity contribution in [3.05, 3.63) is 11.6 Å². The number of fused-ring (bicyclic) bond motifs is 1. The zero-order chi connectivity index (χ0) is 13.3. The summed E-state index contributed by atoms with van der Waals surface area (Å²) in [5.41, 5.74) is 0. The van der Waals surface area contributed by atoms with E-state index >= 15 is 0 Å². The summed E-state index contributed by atoms with van der Waals surface area (Å²) in [6.07, 6.45) is -4.50. The van der Waals surface area contributed by atoms with Crippen LogP contribution in [0.3, 0.4) is 0 Å². The van der Waals surface area contributed by atoms with Crippen molar-refractivity contribution in [2.45, 2.75) is 19.3 Å². The van der Waals surface area contributed by atoms with E-state index in [1.165, 1.54) is 7.11 Å². The summed E-state index contributed by atoms with van der Waals surface area (Å²) in [6.45, 7) is 0.611. The fourth-order valence-electron chi connectivity index (χ4n) is 1.80. The van der Waals surface area contributed by atoms with Crippen molar-refractivity contribution in [1.82, 2.24) is 19.7 Å². The molecule has 1 aliphatic rings. The number of aromatic nitrogens is 3. The van der Waals surface area contributed by atoms with Crippen molar-refractivity contribution < 1.29 is 22.7 Å². The van der Waals surface area contributed by atoms with Gasteiger partial charge in [-0.2, -0.15) is 13.2 Å². The molecule has 0 aromatic carbocycles. The average Bonchev–Trinajstić information content (AvgIpc) is 2.71. The van der Waals surface area contributed by atoms with Gasteiger partial charge in [-0.25, -0.2) is 0 Å². The molecule has 0 amide bonds. The lowest BCUT2D eigenvalue weighted by Gasteiger charge is -2.26. The number of alkyl halides is 3. The highest BCUT2D eigenvalue weighted by molar-refractivity contribution is 5.71. The van der Waals surface area contributed by atoms with Crippen molar-refractivity contribution in [2.24, 2.45) is 0 Å². The van der Waals surface area contributed by atoms with Gasteiger partial charge in [-0.3, -0.25) is 9.69 Å². The van der Waals surface area contributed by atoms with Crippen molar-refractivity contribution in [2.75, 3.05) is 20.2 Å². The molecule has 2 rings (SSSR count). The number of carbonyl (C=O) groups excluding carboxylic acids is 1. The minimum absolute atomic E-state index is 0.0325. The summed E-state index contributed by atoms with van der Waals surface area (Å²) in [4.78, 5) is 12.7. The van der Waals surface area contributed by atoms with Gasteiger partial charge in [0.25, 0.3) is 0 Å². The summed E-state index contributed by atoms with van der Waals surface area (Å²) < 4.78 is 43.2. The van der Waals surface area contributed by atoms with Gasteiger partial charge in [0.2, 0.25) is 5.82 Å². The summed E-state index contributed by atoms with van der Waals surface area (Å²) in [7, 11) is 1.26. The van der Waals surface area contributed by atoms with Crippen LogP contribution in [0.4, 0.5) is 13.2 Å². The van der Waals surface area contributed by atoms with Gasteiger partial charge in [-0.15, -0.1) is 10.2 Å². The van der Waals surface area contributed by atoms with Crippen LogP contribution in [0.1, 0.15) is 11.6 Å². The van der Waals surface area contributed by atoms with Gasteiger partial charge in [0, 0.05) is 13.1 Å². The highest BCUT2D eigenvalue weighted by atomic mass is 19.4. The van der Waals surface area contributed by atoms with Crippen LogP contribution < -0.4 is 0 Å². The molecule has 1 aromatic rings. The Labute approximate surface area is 100 Å². The fourth-order valence-corrected chi connectivity index (χ4v) is 1.80. The van der Waals surface area contributed by atoms with Gasteiger partial charge in [-0.1, -0.05) is 0 Å². The molecule has 2 heterocycles. The number of nitrogens with zero attached hydrogens (tertiary/aromatic N) is 4. The quantitative estimate of drug-likeness (QED) is 0.718. The van der Waals surface area contributed by atoms with Crippen LogP contribution in [0.2, 0.25) is 0 Å². The van der Waals surface area contributed by atoms with Crippen molar-refractivity contribution in [1.29, 1.82) is 0 Å². The highest BCUT2D eigenvalue weighted by Crippen LogP contribution is 2.29. The Hall–Kier alpha value is -1.64. The zero-order valence-electron chi connectivity index (χ0n) is 9.57. The lowest BCUT2D eigenvalue weighted by atomic mass is 10.3. The van der Waals surface area contributed by atoms with Crippen LogP contribution in [0.25, 0.3) is 0 Å². The first-order chi connectivity index (χ1) is 8.41. The maximum Gasteiger partial charge on any atom is 0.451 e. The summed E-state index contributed by atoms with van der Waals surface area (Å²) in [5, 5.41) is 6.65. The summed E-state index contributed by atoms with van der Waals surface area (Å²) >= 11 is 0. The molecular weight excluding hydrogens is 253 g/mol. The van der Waals surface area contributed by atoms with E-state index in [4.69, 9.17) is 0 Å². The van der Waals surface area contributed by atoms with Crippen molar-refractivity contribution >= 4 is 5.97 Å². The fraction of sp³-hybridized carbons (Fsp3) is 0.667. The summed E-state index contributed by atoms with van der Waals surface area (Å²) in [5.74, 6) is -1.22. The van der Waals surface area contributed by atoms with Crippen LogP contribution in [0.15, 0.2) is 0 Å². The van der Waals surface area contributed by atoms with E-state index in [0.717, 1.165) is 4.57 Å². The predicted octanol–water partition coefficient (Wildman–Crippen LogP) is 0.285. The maximum absolute atomic E-state index is 12.6. The molecule has 6 nitrogen and oxygen atoms in total. The predicted molar refractivity (Wildman–Crippen MR) is 52.3 cm³/mol. The van der Waals surface area contributed by atoms with E-state index in [-0.39, 0.29) is 25.5 Å². The van der Waals surface area contributed by atoms with Crippen LogP contribution in [0.5, 0.6) is 0 Å². The second kappa shape index (κ2) is 4.56. The van der Waals surface area contributed by atoms with Crippen LogP contribution in [0, 0.1) is 0 Å². The molecule has 0 atom stereocenters. The number of rotatable bonds is 2. The number of halogens is 3. The molecule has 0 bridgehead atoms. The second-order valence-corrected chi connectivity index (χ2v) is 3.88. The number of ether oxygens (including phenoxy) is 1. The Morgan fingerprint density at radius 1 is 1.39 bits per heavy atom. The number of methoxy groups -OCH3 is 1. The normalized spacial score (nSPS) is 16.4. The number of esters is 1. The number of hydrogen-bond acceptors (Lipinski definition) is 5. The Kier molecular flexibility index (Phi) is 3.24. The van der Waals surface area contributed by atoms with Gasteiger partial charge < -0.3 is 9.30 Å². The van der Waals surface area contributed by atoms with E-state index in [1.54, 1.807) is 4.90 Å². The largest absolute Gasteiger partial charge is 0.468 e. The van der Waals surface area contributed by atoms with Crippen molar-refractivity contribution in [3.63, 3.8) is 0 Å². The van der Waals surface area contributed by atoms with E-state index in [1.807, 2.05) is 0 Å². The molecule has 0 unspecified atom stereocenters. The smallest absolute Gasteiger partial charge is 0.451 e. The SMILES string of the molecule is COC(=O)CN1CCn2c(nnc2C(F)(F)F)C1. The Morgan fingerprint density at radius 3 is 2.72 bits per heavy atom. The lowest BCUT2D eigenvalue weighted by molar-refractivity contribution is -0.148. The monoisotopic (exact) mass is 264 g/mol. The molecule has 0 spiro atoms. The molecule has 0 fully saturated rings. The van der Waals surface area contributed by atoms with Crippen LogP contribution >= 0.6 is 0 Å². The molecule has 9 heteroatoms. The third-order valence-electron chi connectivity index (χ3n) is 2.67. The zero-order valence-corrected chi connectivity index (χ0v) is 9.57. The van der Waals surface area contributed by atoms with E-state index < -0.39 is 18.0 Å². The van der Waals surface area contributed by atoms with Gasteiger partial charge >= 0.3 is 12.1 Å². The van der Waals surface area contributed by atoms with Crippen LogP contribution in [-0.2, 0) is 28.8 Å². The molecule has 1 aliphatic heterocycles. The molecule has 18 heavy (non-hydrogen) atoms. The third kappa shape index (κ3) is 2.45. The van der Waals surface area contributed by atoms with Crippen LogP contribution in [-0.4, -0.2) is 45.8 Å². The lowest BCUT2D eigenvalue weighted by Crippen LogP contribution is -2.38. The van der Waals surface area contributed by atoms with E-state index in [0.29, 0.717) is 6.54 Å². The number of carbonyl (C=O) groups is 1. The first kappa shape index (κ1) is 12.8. The van der Waals surface area contributed by atoms with Gasteiger partial charge in [0.1, 0.15) is 5.82 Å². The standard InChI is InChI=1S/C9H11F3N4O2/c1-18-7(17)5-15-2-3-16-6(4-15)13-14-8(16)9(10,11)12/h2-5H2,1H3. The molecule has 0 N–H and O–H groups in total. The first-order valence-corrected chi connectivity index (χ1v) is 5.20. The molecular formula is C9H11F3N4O2. The van der Waals surface area contributed by atoms with E-state index in [9.17, 15) is 18.0 Å². The minimum Gasteiger partial charge on any atom is -0.468 e. The first-order valence-electron chi connectivity index (χ1n) is 5.20. The Morgan fingerprint density at radius 2 is 2.11 bits per heavy atom. The minimum atomic E-state index is -4.50. The maximum atomic E-state index is 12.6. The molecule has 0 aliphatic carbocycles. The third-order valence-corrected chi connectivity index (χ3v) is 2.67. The average molecular weight is 264 g/mol. The van der Waals surface area contributed by atoms with Gasteiger partial charge in [-0.05, 0) is 0 Å². The topological polar surface area (TPSA) is 60.2 Å². The second-order valence-electron chi connectivity index (χ2n) is 3.88. The Bertz CT molecular complexity index is 457. The molecule has 1 aromatic heterocycles. The molecule has 0 radical (unpaired) electrons. The summed E-state index contributed by atoms with van der Waals surface area (Å²) in [6, 6.07) is 0. The van der Waals surface area contributed by atoms with Gasteiger partial charge in [0.15, 0.2) is 0 Å². The molecule has 0 saturated carbocycles.